The molecule has 1 aromatic rings. The fourth-order valence-electron chi connectivity index (χ4n) is 4.03. The van der Waals surface area contributed by atoms with Crippen LogP contribution < -0.4 is 0 Å². The van der Waals surface area contributed by atoms with Crippen LogP contribution in [0.1, 0.15) is 69.6 Å². The summed E-state index contributed by atoms with van der Waals surface area (Å²) in [6, 6.07) is 4.76. The molecule has 1 aliphatic carbocycles. The third-order valence-electron chi connectivity index (χ3n) is 6.07. The van der Waals surface area contributed by atoms with E-state index in [1.165, 1.54) is 37.7 Å². The molecule has 1 aromatic carbocycles. The minimum absolute atomic E-state index is 0.0536. The highest BCUT2D eigenvalue weighted by molar-refractivity contribution is 5.84. The number of phenolic OH excluding ortho intramolecular Hbond substituents is 1. The Balaban J connectivity index is 1.84. The summed E-state index contributed by atoms with van der Waals surface area (Å²) >= 11 is 0. The Kier molecular flexibility index (Phi) is 6.59. The van der Waals surface area contributed by atoms with Gasteiger partial charge in [0.25, 0.3) is 0 Å². The summed E-state index contributed by atoms with van der Waals surface area (Å²) < 4.78 is 0. The molecule has 3 rings (SSSR count). The van der Waals surface area contributed by atoms with Crippen LogP contribution >= 0.6 is 0 Å². The van der Waals surface area contributed by atoms with Gasteiger partial charge in [-0.05, 0) is 36.9 Å². The molecule has 0 spiro atoms. The highest BCUT2D eigenvalue weighted by Gasteiger charge is 2.21. The lowest BCUT2D eigenvalue weighted by atomic mass is 9.84. The van der Waals surface area contributed by atoms with Gasteiger partial charge in [-0.3, -0.25) is 9.89 Å². The van der Waals surface area contributed by atoms with Crippen LogP contribution in [0, 0.1) is 0 Å². The van der Waals surface area contributed by atoms with E-state index < -0.39 is 0 Å². The minimum Gasteiger partial charge on any atom is -0.507 e. The number of aromatic hydroxyl groups is 1. The van der Waals surface area contributed by atoms with Gasteiger partial charge in [-0.25, -0.2) is 0 Å². The highest BCUT2D eigenvalue weighted by Crippen LogP contribution is 2.32. The maximum absolute atomic E-state index is 11.0. The fraction of sp³-hybridized carbons (Fsp3) is 0.696. The van der Waals surface area contributed by atoms with Crippen molar-refractivity contribution >= 4 is 6.21 Å². The molecule has 0 unspecified atom stereocenters. The summed E-state index contributed by atoms with van der Waals surface area (Å²) in [4.78, 5) is 9.64. The van der Waals surface area contributed by atoms with Crippen molar-refractivity contribution < 1.29 is 5.11 Å². The zero-order valence-corrected chi connectivity index (χ0v) is 17.7. The fourth-order valence-corrected chi connectivity index (χ4v) is 4.03. The van der Waals surface area contributed by atoms with Gasteiger partial charge in [-0.15, -0.1) is 0 Å². The maximum Gasteiger partial charge on any atom is 0.128 e. The Bertz CT molecular complexity index is 648. The second kappa shape index (κ2) is 8.74. The molecule has 150 valence electrons. The SMILES string of the molecule is CN1CCN(Cc2cc(C(C)(C)C)cc(C=NC3CCCCC3)c2O)CC1. The van der Waals surface area contributed by atoms with E-state index in [0.717, 1.165) is 43.9 Å². The predicted molar refractivity (Wildman–Crippen MR) is 114 cm³/mol. The van der Waals surface area contributed by atoms with E-state index in [-0.39, 0.29) is 5.41 Å². The molecule has 2 fully saturated rings. The molecule has 0 bridgehead atoms. The average Bonchev–Trinajstić information content (AvgIpc) is 2.64. The Morgan fingerprint density at radius 2 is 1.74 bits per heavy atom. The topological polar surface area (TPSA) is 39.1 Å². The van der Waals surface area contributed by atoms with Crippen LogP contribution in [0.2, 0.25) is 0 Å². The molecule has 0 radical (unpaired) electrons. The van der Waals surface area contributed by atoms with Gasteiger partial charge in [0.15, 0.2) is 0 Å². The Morgan fingerprint density at radius 3 is 2.37 bits per heavy atom. The number of phenols is 1. The summed E-state index contributed by atoms with van der Waals surface area (Å²) in [7, 11) is 2.18. The molecule has 4 nitrogen and oxygen atoms in total. The van der Waals surface area contributed by atoms with Gasteiger partial charge >= 0.3 is 0 Å². The van der Waals surface area contributed by atoms with Crippen molar-refractivity contribution in [2.45, 2.75) is 70.9 Å². The molecule has 1 aliphatic heterocycles. The van der Waals surface area contributed by atoms with E-state index in [9.17, 15) is 5.11 Å². The summed E-state index contributed by atoms with van der Waals surface area (Å²) in [6.07, 6.45) is 8.21. The lowest BCUT2D eigenvalue weighted by Gasteiger charge is -2.33. The van der Waals surface area contributed by atoms with Gasteiger partial charge < -0.3 is 10.0 Å². The number of hydrogen-bond acceptors (Lipinski definition) is 4. The largest absolute Gasteiger partial charge is 0.507 e. The first-order chi connectivity index (χ1) is 12.8. The minimum atomic E-state index is 0.0536. The van der Waals surface area contributed by atoms with Crippen LogP contribution in [-0.4, -0.2) is 60.4 Å². The standard InChI is InChI=1S/C23H37N3O/c1-23(2,3)20-14-18(16-24-21-8-6-5-7-9-21)22(27)19(15-20)17-26-12-10-25(4)11-13-26/h14-16,21,27H,5-13,17H2,1-4H3. The van der Waals surface area contributed by atoms with E-state index in [0.29, 0.717) is 11.8 Å². The van der Waals surface area contributed by atoms with Gasteiger partial charge in [-0.1, -0.05) is 46.1 Å². The van der Waals surface area contributed by atoms with Crippen molar-refractivity contribution in [2.75, 3.05) is 33.2 Å². The summed E-state index contributed by atoms with van der Waals surface area (Å²) in [5.41, 5.74) is 3.25. The first-order valence-corrected chi connectivity index (χ1v) is 10.6. The predicted octanol–water partition coefficient (Wildman–Crippen LogP) is 4.19. The molecule has 0 atom stereocenters. The number of aliphatic imine (C=N–C) groups is 1. The van der Waals surface area contributed by atoms with Crippen LogP contribution in [0.4, 0.5) is 0 Å². The quantitative estimate of drug-likeness (QED) is 0.807. The lowest BCUT2D eigenvalue weighted by molar-refractivity contribution is 0.147. The Hall–Kier alpha value is -1.39. The zero-order chi connectivity index (χ0) is 19.4. The molecule has 1 saturated heterocycles. The van der Waals surface area contributed by atoms with Crippen LogP contribution in [0.5, 0.6) is 5.75 Å². The molecule has 2 aliphatic rings. The molecule has 4 heteroatoms. The van der Waals surface area contributed by atoms with Crippen molar-refractivity contribution in [2.24, 2.45) is 4.99 Å². The first kappa shape index (κ1) is 20.3. The molecule has 1 saturated carbocycles. The van der Waals surface area contributed by atoms with E-state index in [4.69, 9.17) is 4.99 Å². The number of rotatable bonds is 4. The summed E-state index contributed by atoms with van der Waals surface area (Å²) in [6.45, 7) is 11.8. The van der Waals surface area contributed by atoms with E-state index >= 15 is 0 Å². The van der Waals surface area contributed by atoms with Crippen molar-refractivity contribution in [3.05, 3.63) is 28.8 Å². The number of piperazine rings is 1. The van der Waals surface area contributed by atoms with Gasteiger partial charge in [0, 0.05) is 56.1 Å². The molecule has 1 N–H and O–H groups in total. The van der Waals surface area contributed by atoms with Gasteiger partial charge in [-0.2, -0.15) is 0 Å². The number of benzene rings is 1. The Morgan fingerprint density at radius 1 is 1.07 bits per heavy atom. The van der Waals surface area contributed by atoms with Gasteiger partial charge in [0.05, 0.1) is 0 Å². The number of hydrogen-bond donors (Lipinski definition) is 1. The first-order valence-electron chi connectivity index (χ1n) is 10.6. The number of likely N-dealkylation sites (N-methyl/N-ethyl adjacent to an activating group) is 1. The molecular weight excluding hydrogens is 334 g/mol. The smallest absolute Gasteiger partial charge is 0.128 e. The summed E-state index contributed by atoms with van der Waals surface area (Å²) in [5.74, 6) is 0.418. The van der Waals surface area contributed by atoms with Crippen LogP contribution in [0.25, 0.3) is 0 Å². The van der Waals surface area contributed by atoms with Crippen molar-refractivity contribution in [3.8, 4) is 5.75 Å². The molecule has 27 heavy (non-hydrogen) atoms. The molecule has 0 aromatic heterocycles. The summed E-state index contributed by atoms with van der Waals surface area (Å²) in [5, 5.41) is 11.0. The van der Waals surface area contributed by atoms with Crippen LogP contribution in [0.3, 0.4) is 0 Å². The van der Waals surface area contributed by atoms with E-state index in [2.05, 4.69) is 49.8 Å². The molecule has 0 amide bonds. The monoisotopic (exact) mass is 371 g/mol. The zero-order valence-electron chi connectivity index (χ0n) is 17.7. The van der Waals surface area contributed by atoms with Crippen molar-refractivity contribution in [3.63, 3.8) is 0 Å². The second-order valence-electron chi connectivity index (χ2n) is 9.47. The third-order valence-corrected chi connectivity index (χ3v) is 6.07. The third kappa shape index (κ3) is 5.55. The van der Waals surface area contributed by atoms with Crippen LogP contribution in [-0.2, 0) is 12.0 Å². The Labute approximate surface area is 165 Å². The second-order valence-corrected chi connectivity index (χ2v) is 9.47. The van der Waals surface area contributed by atoms with Crippen molar-refractivity contribution in [1.29, 1.82) is 0 Å². The van der Waals surface area contributed by atoms with Crippen LogP contribution in [0.15, 0.2) is 17.1 Å². The molecule has 1 heterocycles. The highest BCUT2D eigenvalue weighted by atomic mass is 16.3. The average molecular weight is 372 g/mol. The number of nitrogens with zero attached hydrogens (tertiary/aromatic N) is 3. The van der Waals surface area contributed by atoms with Crippen molar-refractivity contribution in [1.82, 2.24) is 9.80 Å². The van der Waals surface area contributed by atoms with Gasteiger partial charge in [0.2, 0.25) is 0 Å². The van der Waals surface area contributed by atoms with E-state index in [1.54, 1.807) is 0 Å². The molecular formula is C23H37N3O. The maximum atomic E-state index is 11.0. The lowest BCUT2D eigenvalue weighted by Crippen LogP contribution is -2.43. The normalized spacial score (nSPS) is 21.2. The van der Waals surface area contributed by atoms with E-state index in [1.807, 2.05) is 6.21 Å². The van der Waals surface area contributed by atoms with Gasteiger partial charge in [0.1, 0.15) is 5.75 Å².